The first-order chi connectivity index (χ1) is 9.21. The number of hydrogen-bond donors (Lipinski definition) is 1. The molecule has 0 aromatic heterocycles. The molecule has 1 heterocycles. The first kappa shape index (κ1) is 16.9. The molecule has 2 bridgehead atoms. The van der Waals surface area contributed by atoms with Crippen molar-refractivity contribution in [2.75, 3.05) is 19.3 Å². The van der Waals surface area contributed by atoms with Crippen LogP contribution in [0.25, 0.3) is 0 Å². The van der Waals surface area contributed by atoms with Crippen molar-refractivity contribution in [3.8, 4) is 0 Å². The summed E-state index contributed by atoms with van der Waals surface area (Å²) in [6.07, 6.45) is 8.21. The van der Waals surface area contributed by atoms with E-state index in [2.05, 4.69) is 30.1 Å². The van der Waals surface area contributed by atoms with Gasteiger partial charge in [0.25, 0.3) is 0 Å². The third-order valence-corrected chi connectivity index (χ3v) is 6.14. The molecule has 1 aliphatic heterocycles. The molecule has 0 unspecified atom stereocenters. The van der Waals surface area contributed by atoms with Crippen molar-refractivity contribution in [2.45, 2.75) is 50.0 Å². The number of halogens is 2. The lowest BCUT2D eigenvalue weighted by atomic mass is 9.52. The summed E-state index contributed by atoms with van der Waals surface area (Å²) in [5.41, 5.74) is 10.7. The summed E-state index contributed by atoms with van der Waals surface area (Å²) >= 11 is 0. The van der Waals surface area contributed by atoms with E-state index in [0.29, 0.717) is 5.41 Å². The molecule has 0 spiro atoms. The number of nitrogens with two attached hydrogens (primary N) is 1. The molecule has 1 aromatic carbocycles. The number of anilines is 1. The normalized spacial score (nSPS) is 34.0. The highest BCUT2D eigenvalue weighted by molar-refractivity contribution is 5.85. The van der Waals surface area contributed by atoms with Crippen LogP contribution in [0.3, 0.4) is 0 Å². The van der Waals surface area contributed by atoms with Crippen LogP contribution in [0.4, 0.5) is 5.69 Å². The van der Waals surface area contributed by atoms with Gasteiger partial charge in [-0.05, 0) is 68.5 Å². The van der Waals surface area contributed by atoms with Crippen LogP contribution in [-0.2, 0) is 11.8 Å². The summed E-state index contributed by atoms with van der Waals surface area (Å²) in [6, 6.07) is 7.46. The van der Waals surface area contributed by atoms with Crippen LogP contribution >= 0.6 is 24.8 Å². The predicted octanol–water partition coefficient (Wildman–Crippen LogP) is 3.80. The zero-order valence-corrected chi connectivity index (χ0v) is 14.3. The Morgan fingerprint density at radius 2 is 2.00 bits per heavy atom. The highest BCUT2D eigenvalue weighted by Gasteiger charge is 2.52. The molecular weight excluding hydrogens is 303 g/mol. The van der Waals surface area contributed by atoms with E-state index >= 15 is 0 Å². The van der Waals surface area contributed by atoms with Crippen molar-refractivity contribution in [1.82, 2.24) is 4.90 Å². The first-order valence-electron chi connectivity index (χ1n) is 7.80. The largest absolute Gasteiger partial charge is 0.399 e. The molecule has 4 rings (SSSR count). The maximum atomic E-state index is 6.09. The molecule has 3 aliphatic rings. The van der Waals surface area contributed by atoms with E-state index in [4.69, 9.17) is 5.73 Å². The lowest BCUT2D eigenvalue weighted by Crippen LogP contribution is -2.59. The van der Waals surface area contributed by atoms with E-state index in [9.17, 15) is 0 Å². The smallest absolute Gasteiger partial charge is 0.0317 e. The fraction of sp³-hybridized carbons (Fsp3) is 0.647. The van der Waals surface area contributed by atoms with Gasteiger partial charge in [-0.2, -0.15) is 0 Å². The summed E-state index contributed by atoms with van der Waals surface area (Å²) in [5, 5.41) is 0. The molecule has 1 saturated carbocycles. The minimum Gasteiger partial charge on any atom is -0.399 e. The Bertz CT molecular complexity index is 520. The molecule has 2 nitrogen and oxygen atoms in total. The van der Waals surface area contributed by atoms with E-state index in [1.54, 1.807) is 11.1 Å². The van der Waals surface area contributed by atoms with Crippen LogP contribution in [0, 0.1) is 5.92 Å². The molecule has 3 atom stereocenters. The van der Waals surface area contributed by atoms with Gasteiger partial charge < -0.3 is 10.6 Å². The van der Waals surface area contributed by atoms with Gasteiger partial charge in [-0.3, -0.25) is 0 Å². The van der Waals surface area contributed by atoms with Crippen molar-refractivity contribution >= 4 is 30.5 Å². The molecule has 2 aliphatic carbocycles. The molecule has 0 amide bonds. The Morgan fingerprint density at radius 1 is 1.19 bits per heavy atom. The molecule has 118 valence electrons. The Balaban J connectivity index is 0.000000807. The number of rotatable bonds is 0. The Kier molecular flexibility index (Phi) is 4.82. The highest BCUT2D eigenvalue weighted by atomic mass is 35.5. The monoisotopic (exact) mass is 328 g/mol. The number of nitrogen functional groups attached to an aromatic ring is 1. The van der Waals surface area contributed by atoms with E-state index in [1.807, 2.05) is 0 Å². The second-order valence-corrected chi connectivity index (χ2v) is 6.93. The number of fused-ring (bicyclic) bond motifs is 1. The van der Waals surface area contributed by atoms with Crippen molar-refractivity contribution in [2.24, 2.45) is 5.92 Å². The minimum absolute atomic E-state index is 0. The number of nitrogens with zero attached hydrogens (tertiary/aromatic N) is 1. The van der Waals surface area contributed by atoms with Gasteiger partial charge in [-0.25, -0.2) is 0 Å². The van der Waals surface area contributed by atoms with Gasteiger partial charge in [0.2, 0.25) is 0 Å². The molecular formula is C17H26Cl2N2. The van der Waals surface area contributed by atoms with Crippen molar-refractivity contribution in [3.05, 3.63) is 29.3 Å². The molecule has 2 N–H and O–H groups in total. The van der Waals surface area contributed by atoms with Gasteiger partial charge in [0, 0.05) is 17.1 Å². The van der Waals surface area contributed by atoms with Crippen molar-refractivity contribution in [3.63, 3.8) is 0 Å². The summed E-state index contributed by atoms with van der Waals surface area (Å²) in [7, 11) is 2.32. The Hall–Kier alpha value is -0.440. The van der Waals surface area contributed by atoms with Gasteiger partial charge in [0.1, 0.15) is 0 Å². The van der Waals surface area contributed by atoms with Gasteiger partial charge >= 0.3 is 0 Å². The second kappa shape index (κ2) is 5.98. The second-order valence-electron chi connectivity index (χ2n) is 6.93. The summed E-state index contributed by atoms with van der Waals surface area (Å²) in [6.45, 7) is 1.26. The maximum Gasteiger partial charge on any atom is 0.0317 e. The fourth-order valence-electron chi connectivity index (χ4n) is 5.21. The standard InChI is InChI=1S/C17H24N2.2ClH/c1-19-9-8-17-7-3-2-4-14(17)16(19)10-12-5-6-13(18)11-15(12)17;;/h5-6,11,14,16H,2-4,7-10,18H2,1H3;2*1H/t14-,16+,17+;;/m0../s1. The maximum absolute atomic E-state index is 6.09. The lowest BCUT2D eigenvalue weighted by Gasteiger charge is -2.58. The number of likely N-dealkylation sites (N-methyl/N-ethyl adjacent to an activating group) is 1. The molecule has 1 aromatic rings. The van der Waals surface area contributed by atoms with Crippen molar-refractivity contribution in [1.29, 1.82) is 0 Å². The molecule has 0 radical (unpaired) electrons. The van der Waals surface area contributed by atoms with Crippen LogP contribution < -0.4 is 5.73 Å². The summed E-state index contributed by atoms with van der Waals surface area (Å²) in [4.78, 5) is 2.62. The number of likely N-dealkylation sites (tertiary alicyclic amines) is 1. The lowest BCUT2D eigenvalue weighted by molar-refractivity contribution is 0.00291. The van der Waals surface area contributed by atoms with Crippen molar-refractivity contribution < 1.29 is 0 Å². The van der Waals surface area contributed by atoms with E-state index in [-0.39, 0.29) is 24.8 Å². The van der Waals surface area contributed by atoms with Gasteiger partial charge in [-0.15, -0.1) is 24.8 Å². The summed E-state index contributed by atoms with van der Waals surface area (Å²) < 4.78 is 0. The van der Waals surface area contributed by atoms with Gasteiger partial charge in [-0.1, -0.05) is 18.9 Å². The van der Waals surface area contributed by atoms with Gasteiger partial charge in [0.15, 0.2) is 0 Å². The molecule has 4 heteroatoms. The molecule has 1 saturated heterocycles. The van der Waals surface area contributed by atoms with E-state index in [0.717, 1.165) is 17.6 Å². The Morgan fingerprint density at radius 3 is 2.81 bits per heavy atom. The average Bonchev–Trinajstić information content (AvgIpc) is 2.43. The zero-order chi connectivity index (χ0) is 13.0. The quantitative estimate of drug-likeness (QED) is 0.734. The fourth-order valence-corrected chi connectivity index (χ4v) is 5.21. The van der Waals surface area contributed by atoms with E-state index in [1.165, 1.54) is 45.1 Å². The topological polar surface area (TPSA) is 29.3 Å². The van der Waals surface area contributed by atoms with Crippen LogP contribution in [0.2, 0.25) is 0 Å². The molecule has 2 fully saturated rings. The predicted molar refractivity (Wildman–Crippen MR) is 93.7 cm³/mol. The third-order valence-electron chi connectivity index (χ3n) is 6.14. The van der Waals surface area contributed by atoms with Crippen LogP contribution in [0.15, 0.2) is 18.2 Å². The van der Waals surface area contributed by atoms with Crippen LogP contribution in [0.1, 0.15) is 43.2 Å². The van der Waals surface area contributed by atoms with Crippen LogP contribution in [-0.4, -0.2) is 24.5 Å². The molecule has 21 heavy (non-hydrogen) atoms. The Labute approximate surface area is 140 Å². The van der Waals surface area contributed by atoms with E-state index < -0.39 is 0 Å². The zero-order valence-electron chi connectivity index (χ0n) is 12.7. The summed E-state index contributed by atoms with van der Waals surface area (Å²) in [5.74, 6) is 0.870. The number of hydrogen-bond acceptors (Lipinski definition) is 2. The minimum atomic E-state index is 0. The first-order valence-corrected chi connectivity index (χ1v) is 7.80. The van der Waals surface area contributed by atoms with Crippen LogP contribution in [0.5, 0.6) is 0 Å². The SMILES string of the molecule is CN1CC[C@]23CCCC[C@H]2[C@H]1Cc1ccc(N)cc13.Cl.Cl. The highest BCUT2D eigenvalue weighted by Crippen LogP contribution is 2.55. The van der Waals surface area contributed by atoms with Gasteiger partial charge in [0.05, 0.1) is 0 Å². The number of piperidine rings is 1. The average molecular weight is 329 g/mol. The number of benzene rings is 1. The third kappa shape index (κ3) is 2.36.